The minimum atomic E-state index is -4.44. The fraction of sp³-hybridized carbons (Fsp3) is 0.214. The molecule has 24 heavy (non-hydrogen) atoms. The summed E-state index contributed by atoms with van der Waals surface area (Å²) < 4.78 is 39.4. The van der Waals surface area contributed by atoms with E-state index in [9.17, 15) is 22.8 Å². The molecule has 1 aromatic carbocycles. The zero-order valence-corrected chi connectivity index (χ0v) is 12.5. The molecule has 3 amide bonds. The largest absolute Gasteiger partial charge is 0.416 e. The van der Waals surface area contributed by atoms with E-state index in [1.807, 2.05) is 0 Å². The number of nitrogens with zero attached hydrogens (tertiary/aromatic N) is 2. The Labute approximate surface area is 134 Å². The van der Waals surface area contributed by atoms with E-state index in [0.717, 1.165) is 12.1 Å². The van der Waals surface area contributed by atoms with Gasteiger partial charge in [0.15, 0.2) is 0 Å². The van der Waals surface area contributed by atoms with Gasteiger partial charge in [0.25, 0.3) is 0 Å². The predicted molar refractivity (Wildman–Crippen MR) is 79.7 cm³/mol. The molecule has 0 atom stereocenters. The Bertz CT molecular complexity index is 742. The van der Waals surface area contributed by atoms with Crippen LogP contribution in [0.3, 0.4) is 0 Å². The van der Waals surface area contributed by atoms with E-state index in [1.54, 1.807) is 0 Å². The van der Waals surface area contributed by atoms with Crippen molar-refractivity contribution in [2.45, 2.75) is 6.18 Å². The second kappa shape index (κ2) is 7.02. The molecule has 0 radical (unpaired) electrons. The van der Waals surface area contributed by atoms with Gasteiger partial charge in [-0.2, -0.15) is 18.3 Å². The van der Waals surface area contributed by atoms with Gasteiger partial charge in [-0.15, -0.1) is 0 Å². The summed E-state index contributed by atoms with van der Waals surface area (Å²) in [6.07, 6.45) is -1.65. The van der Waals surface area contributed by atoms with E-state index in [2.05, 4.69) is 21.0 Å². The molecule has 0 saturated heterocycles. The second-order valence-electron chi connectivity index (χ2n) is 4.70. The lowest BCUT2D eigenvalue weighted by atomic mass is 10.2. The third-order valence-corrected chi connectivity index (χ3v) is 2.95. The molecule has 0 unspecified atom stereocenters. The molecule has 1 aromatic heterocycles. The van der Waals surface area contributed by atoms with Crippen LogP contribution in [0.4, 0.5) is 23.7 Å². The molecular weight excluding hydrogens is 327 g/mol. The van der Waals surface area contributed by atoms with E-state index in [-0.39, 0.29) is 12.2 Å². The SMILES string of the molecule is CNC(=O)NC(=O)CNc1cnn(-c2cccc(C(F)(F)F)c2)c1. The summed E-state index contributed by atoms with van der Waals surface area (Å²) in [7, 11) is 1.37. The monoisotopic (exact) mass is 341 g/mol. The van der Waals surface area contributed by atoms with E-state index in [1.165, 1.54) is 36.3 Å². The zero-order valence-electron chi connectivity index (χ0n) is 12.5. The first kappa shape index (κ1) is 17.3. The van der Waals surface area contributed by atoms with Gasteiger partial charge in [-0.25, -0.2) is 9.48 Å². The summed E-state index contributed by atoms with van der Waals surface area (Å²) in [4.78, 5) is 22.4. The Morgan fingerprint density at radius 1 is 1.29 bits per heavy atom. The number of benzene rings is 1. The van der Waals surface area contributed by atoms with E-state index >= 15 is 0 Å². The van der Waals surface area contributed by atoms with Gasteiger partial charge in [0.1, 0.15) is 0 Å². The van der Waals surface area contributed by atoms with Crippen LogP contribution in [0.25, 0.3) is 5.69 Å². The molecule has 2 aromatic rings. The molecule has 7 nitrogen and oxygen atoms in total. The molecule has 0 saturated carbocycles. The minimum Gasteiger partial charge on any atom is -0.374 e. The lowest BCUT2D eigenvalue weighted by Gasteiger charge is -2.08. The first-order valence-corrected chi connectivity index (χ1v) is 6.77. The van der Waals surface area contributed by atoms with Crippen LogP contribution in [0.15, 0.2) is 36.7 Å². The summed E-state index contributed by atoms with van der Waals surface area (Å²) in [6, 6.07) is 4.06. The topological polar surface area (TPSA) is 88.1 Å². The molecule has 0 aliphatic carbocycles. The maximum atomic E-state index is 12.7. The molecule has 0 bridgehead atoms. The Balaban J connectivity index is 2.03. The Morgan fingerprint density at radius 3 is 2.71 bits per heavy atom. The van der Waals surface area contributed by atoms with Crippen molar-refractivity contribution in [3.8, 4) is 5.69 Å². The zero-order chi connectivity index (χ0) is 17.7. The first-order valence-electron chi connectivity index (χ1n) is 6.77. The number of aromatic nitrogens is 2. The van der Waals surface area contributed by atoms with Crippen LogP contribution in [0.2, 0.25) is 0 Å². The lowest BCUT2D eigenvalue weighted by molar-refractivity contribution is -0.137. The fourth-order valence-electron chi connectivity index (χ4n) is 1.80. The van der Waals surface area contributed by atoms with Crippen molar-refractivity contribution in [3.05, 3.63) is 42.2 Å². The first-order chi connectivity index (χ1) is 11.3. The molecule has 1 heterocycles. The average molecular weight is 341 g/mol. The van der Waals surface area contributed by atoms with Gasteiger partial charge in [-0.1, -0.05) is 6.07 Å². The molecule has 3 N–H and O–H groups in total. The molecule has 0 fully saturated rings. The molecule has 0 aliphatic rings. The Morgan fingerprint density at radius 2 is 2.04 bits per heavy atom. The summed E-state index contributed by atoms with van der Waals surface area (Å²) in [5, 5.41) is 10.9. The Kier molecular flexibility index (Phi) is 5.07. The van der Waals surface area contributed by atoms with Crippen LogP contribution in [-0.2, 0) is 11.0 Å². The van der Waals surface area contributed by atoms with E-state index < -0.39 is 23.7 Å². The smallest absolute Gasteiger partial charge is 0.374 e. The number of hydrogen-bond acceptors (Lipinski definition) is 4. The van der Waals surface area contributed by atoms with Crippen molar-refractivity contribution >= 4 is 17.6 Å². The van der Waals surface area contributed by atoms with Gasteiger partial charge in [0.2, 0.25) is 5.91 Å². The molecule has 10 heteroatoms. The van der Waals surface area contributed by atoms with Crippen LogP contribution < -0.4 is 16.0 Å². The number of hydrogen-bond donors (Lipinski definition) is 3. The highest BCUT2D eigenvalue weighted by Gasteiger charge is 2.30. The Hall–Kier alpha value is -3.04. The van der Waals surface area contributed by atoms with E-state index in [0.29, 0.717) is 5.69 Å². The number of amides is 3. The summed E-state index contributed by atoms with van der Waals surface area (Å²) in [6.45, 7) is -0.193. The van der Waals surface area contributed by atoms with Gasteiger partial charge in [0, 0.05) is 7.05 Å². The minimum absolute atomic E-state index is 0.193. The van der Waals surface area contributed by atoms with Gasteiger partial charge < -0.3 is 10.6 Å². The number of carbonyl (C=O) groups excluding carboxylic acids is 2. The highest BCUT2D eigenvalue weighted by molar-refractivity contribution is 5.96. The van der Waals surface area contributed by atoms with Crippen LogP contribution in [0, 0.1) is 0 Å². The van der Waals surface area contributed by atoms with Crippen molar-refractivity contribution in [2.24, 2.45) is 0 Å². The van der Waals surface area contributed by atoms with Gasteiger partial charge in [-0.05, 0) is 18.2 Å². The maximum Gasteiger partial charge on any atom is 0.416 e. The number of imide groups is 1. The summed E-state index contributed by atoms with van der Waals surface area (Å²) in [5.41, 5.74) is -0.137. The van der Waals surface area contributed by atoms with Crippen LogP contribution >= 0.6 is 0 Å². The van der Waals surface area contributed by atoms with Crippen molar-refractivity contribution < 1.29 is 22.8 Å². The molecule has 0 aliphatic heterocycles. The number of anilines is 1. The van der Waals surface area contributed by atoms with Crippen molar-refractivity contribution in [3.63, 3.8) is 0 Å². The third-order valence-electron chi connectivity index (χ3n) is 2.95. The van der Waals surface area contributed by atoms with Crippen molar-refractivity contribution in [2.75, 3.05) is 18.9 Å². The van der Waals surface area contributed by atoms with E-state index in [4.69, 9.17) is 0 Å². The molecule has 0 spiro atoms. The summed E-state index contributed by atoms with van der Waals surface area (Å²) >= 11 is 0. The molecular formula is C14H14F3N5O2. The number of urea groups is 1. The average Bonchev–Trinajstić information content (AvgIpc) is 3.01. The quantitative estimate of drug-likeness (QED) is 0.791. The van der Waals surface area contributed by atoms with Crippen LogP contribution in [0.1, 0.15) is 5.56 Å². The van der Waals surface area contributed by atoms with Crippen LogP contribution in [-0.4, -0.2) is 35.3 Å². The maximum absolute atomic E-state index is 12.7. The third kappa shape index (κ3) is 4.48. The van der Waals surface area contributed by atoms with Crippen molar-refractivity contribution in [1.82, 2.24) is 20.4 Å². The van der Waals surface area contributed by atoms with Gasteiger partial charge in [0.05, 0.1) is 35.9 Å². The van der Waals surface area contributed by atoms with Crippen LogP contribution in [0.5, 0.6) is 0 Å². The second-order valence-corrected chi connectivity index (χ2v) is 4.70. The number of rotatable bonds is 4. The van der Waals surface area contributed by atoms with Crippen molar-refractivity contribution in [1.29, 1.82) is 0 Å². The standard InChI is InChI=1S/C14H14F3N5O2/c1-18-13(24)21-12(23)7-19-10-6-20-22(8-10)11-4-2-3-9(5-11)14(15,16)17/h2-6,8,19H,7H2,1H3,(H2,18,21,23,24). The van der Waals surface area contributed by atoms with Gasteiger partial charge in [-0.3, -0.25) is 10.1 Å². The normalized spacial score (nSPS) is 11.0. The molecule has 2 rings (SSSR count). The predicted octanol–water partition coefficient (Wildman–Crippen LogP) is 1.76. The van der Waals surface area contributed by atoms with Gasteiger partial charge >= 0.3 is 12.2 Å². The number of alkyl halides is 3. The highest BCUT2D eigenvalue weighted by atomic mass is 19.4. The lowest BCUT2D eigenvalue weighted by Crippen LogP contribution is -2.40. The number of carbonyl (C=O) groups is 2. The highest BCUT2D eigenvalue weighted by Crippen LogP contribution is 2.30. The summed E-state index contributed by atoms with van der Waals surface area (Å²) in [5.74, 6) is -0.568. The fourth-order valence-corrected chi connectivity index (χ4v) is 1.80. The number of halogens is 3. The number of nitrogens with one attached hydrogen (secondary N) is 3. The molecule has 128 valence electrons.